The van der Waals surface area contributed by atoms with Gasteiger partial charge in [-0.2, -0.15) is 11.8 Å². The first-order valence-corrected chi connectivity index (χ1v) is 6.97. The molecule has 1 aromatic carbocycles. The summed E-state index contributed by atoms with van der Waals surface area (Å²) in [6.45, 7) is 3.51. The normalized spacial score (nSPS) is 12.6. The van der Waals surface area contributed by atoms with E-state index in [9.17, 15) is 0 Å². The Morgan fingerprint density at radius 1 is 1.25 bits per heavy atom. The first-order chi connectivity index (χ1) is 7.84. The lowest BCUT2D eigenvalue weighted by molar-refractivity contribution is 0.296. The highest BCUT2D eigenvalue weighted by Gasteiger charge is 2.02. The number of thioether (sulfide) groups is 1. The Labute approximate surface area is 102 Å². The first-order valence-electron chi connectivity index (χ1n) is 5.81. The second-order valence-corrected chi connectivity index (χ2v) is 5.00. The smallest absolute Gasteiger partial charge is 0.0438 e. The monoisotopic (exact) mass is 239 g/mol. The highest BCUT2D eigenvalue weighted by molar-refractivity contribution is 7.99. The van der Waals surface area contributed by atoms with Gasteiger partial charge in [0.2, 0.25) is 0 Å². The minimum Gasteiger partial charge on any atom is -0.396 e. The summed E-state index contributed by atoms with van der Waals surface area (Å²) in [5, 5.41) is 12.1. The topological polar surface area (TPSA) is 32.3 Å². The van der Waals surface area contributed by atoms with Crippen molar-refractivity contribution in [2.24, 2.45) is 0 Å². The van der Waals surface area contributed by atoms with Gasteiger partial charge in [-0.25, -0.2) is 0 Å². The molecule has 0 aliphatic carbocycles. The summed E-state index contributed by atoms with van der Waals surface area (Å²) in [6, 6.07) is 10.9. The molecule has 1 rings (SSSR count). The Morgan fingerprint density at radius 2 is 2.00 bits per heavy atom. The minimum atomic E-state index is 0.306. The Balaban J connectivity index is 2.09. The lowest BCUT2D eigenvalue weighted by Gasteiger charge is -2.13. The second-order valence-electron chi connectivity index (χ2n) is 3.78. The van der Waals surface area contributed by atoms with Crippen LogP contribution in [0.5, 0.6) is 0 Å². The van der Waals surface area contributed by atoms with Crippen molar-refractivity contribution in [2.45, 2.75) is 19.4 Å². The molecule has 0 aliphatic heterocycles. The van der Waals surface area contributed by atoms with Crippen molar-refractivity contribution in [1.29, 1.82) is 0 Å². The molecule has 1 unspecified atom stereocenters. The van der Waals surface area contributed by atoms with Crippen molar-refractivity contribution in [3.8, 4) is 0 Å². The van der Waals surface area contributed by atoms with Gasteiger partial charge in [0.05, 0.1) is 0 Å². The first kappa shape index (κ1) is 13.6. The van der Waals surface area contributed by atoms with Crippen LogP contribution in [-0.2, 0) is 0 Å². The summed E-state index contributed by atoms with van der Waals surface area (Å²) < 4.78 is 0. The van der Waals surface area contributed by atoms with Gasteiger partial charge in [-0.05, 0) is 24.7 Å². The van der Waals surface area contributed by atoms with E-state index < -0.39 is 0 Å². The van der Waals surface area contributed by atoms with E-state index in [0.29, 0.717) is 12.6 Å². The molecule has 0 saturated carbocycles. The molecule has 0 aromatic heterocycles. The molecule has 0 heterocycles. The zero-order valence-corrected chi connectivity index (χ0v) is 10.7. The molecule has 90 valence electrons. The molecule has 0 bridgehead atoms. The molecule has 2 N–H and O–H groups in total. The molecule has 3 heteroatoms. The highest BCUT2D eigenvalue weighted by atomic mass is 32.2. The molecular formula is C13H21NOS. The van der Waals surface area contributed by atoms with E-state index in [1.54, 1.807) is 0 Å². The van der Waals surface area contributed by atoms with E-state index in [0.717, 1.165) is 24.5 Å². The number of nitrogens with one attached hydrogen (secondary N) is 1. The summed E-state index contributed by atoms with van der Waals surface area (Å²) in [5.41, 5.74) is 1.34. The minimum absolute atomic E-state index is 0.306. The van der Waals surface area contributed by atoms with Crippen LogP contribution >= 0.6 is 11.8 Å². The SMILES string of the molecule is CC(NCCSCCCO)c1ccccc1. The average Bonchev–Trinajstić information content (AvgIpc) is 2.34. The van der Waals surface area contributed by atoms with E-state index in [4.69, 9.17) is 5.11 Å². The number of rotatable bonds is 8. The van der Waals surface area contributed by atoms with Crippen molar-refractivity contribution in [1.82, 2.24) is 5.32 Å². The van der Waals surface area contributed by atoms with E-state index >= 15 is 0 Å². The molecule has 16 heavy (non-hydrogen) atoms. The van der Waals surface area contributed by atoms with Crippen molar-refractivity contribution < 1.29 is 5.11 Å². The summed E-state index contributed by atoms with van der Waals surface area (Å²) in [6.07, 6.45) is 0.902. The Kier molecular flexibility index (Phi) is 7.30. The largest absolute Gasteiger partial charge is 0.396 e. The molecule has 1 atom stereocenters. The summed E-state index contributed by atoms with van der Waals surface area (Å²) in [7, 11) is 0. The third-order valence-corrected chi connectivity index (χ3v) is 3.51. The van der Waals surface area contributed by atoms with Crippen LogP contribution in [0.15, 0.2) is 30.3 Å². The van der Waals surface area contributed by atoms with E-state index in [1.165, 1.54) is 5.56 Å². The van der Waals surface area contributed by atoms with Crippen LogP contribution in [0.1, 0.15) is 24.9 Å². The molecule has 1 aromatic rings. The summed E-state index contributed by atoms with van der Waals surface area (Å²) in [5.74, 6) is 2.16. The average molecular weight is 239 g/mol. The standard InChI is InChI=1S/C13H21NOS/c1-12(13-6-3-2-4-7-13)14-8-11-16-10-5-9-15/h2-4,6-7,12,14-15H,5,8-11H2,1H3. The molecule has 0 saturated heterocycles. The van der Waals surface area contributed by atoms with Gasteiger partial charge in [-0.15, -0.1) is 0 Å². The fourth-order valence-electron chi connectivity index (χ4n) is 1.48. The van der Waals surface area contributed by atoms with Gasteiger partial charge in [-0.1, -0.05) is 30.3 Å². The van der Waals surface area contributed by atoms with Gasteiger partial charge in [0.25, 0.3) is 0 Å². The molecule has 0 radical (unpaired) electrons. The fraction of sp³-hybridized carbons (Fsp3) is 0.538. The molecule has 0 spiro atoms. The zero-order valence-electron chi connectivity index (χ0n) is 9.86. The predicted molar refractivity (Wildman–Crippen MR) is 71.9 cm³/mol. The van der Waals surface area contributed by atoms with Gasteiger partial charge >= 0.3 is 0 Å². The zero-order chi connectivity index (χ0) is 11.6. The van der Waals surface area contributed by atoms with Crippen molar-refractivity contribution in [3.05, 3.63) is 35.9 Å². The lowest BCUT2D eigenvalue weighted by Crippen LogP contribution is -2.21. The van der Waals surface area contributed by atoms with Crippen molar-refractivity contribution in [3.63, 3.8) is 0 Å². The van der Waals surface area contributed by atoms with Crippen LogP contribution < -0.4 is 5.32 Å². The third kappa shape index (κ3) is 5.54. The Morgan fingerprint density at radius 3 is 2.69 bits per heavy atom. The van der Waals surface area contributed by atoms with Gasteiger partial charge in [-0.3, -0.25) is 0 Å². The molecule has 2 nitrogen and oxygen atoms in total. The van der Waals surface area contributed by atoms with Crippen LogP contribution in [0.3, 0.4) is 0 Å². The number of aliphatic hydroxyl groups excluding tert-OH is 1. The van der Waals surface area contributed by atoms with Gasteiger partial charge in [0.1, 0.15) is 0 Å². The highest BCUT2D eigenvalue weighted by Crippen LogP contribution is 2.11. The van der Waals surface area contributed by atoms with Gasteiger partial charge in [0.15, 0.2) is 0 Å². The third-order valence-electron chi connectivity index (χ3n) is 2.44. The quantitative estimate of drug-likeness (QED) is 0.684. The lowest BCUT2D eigenvalue weighted by atomic mass is 10.1. The maximum Gasteiger partial charge on any atom is 0.0438 e. The van der Waals surface area contributed by atoms with E-state index in [-0.39, 0.29) is 0 Å². The molecule has 0 aliphatic rings. The number of benzene rings is 1. The van der Waals surface area contributed by atoms with Crippen LogP contribution in [0.4, 0.5) is 0 Å². The number of hydrogen-bond donors (Lipinski definition) is 2. The summed E-state index contributed by atoms with van der Waals surface area (Å²) in [4.78, 5) is 0. The van der Waals surface area contributed by atoms with Crippen LogP contribution in [0.2, 0.25) is 0 Å². The van der Waals surface area contributed by atoms with E-state index in [1.807, 2.05) is 17.8 Å². The van der Waals surface area contributed by atoms with Crippen LogP contribution in [0, 0.1) is 0 Å². The second kappa shape index (κ2) is 8.62. The Hall–Kier alpha value is -0.510. The number of aliphatic hydroxyl groups is 1. The van der Waals surface area contributed by atoms with Gasteiger partial charge in [0, 0.05) is 24.9 Å². The Bertz CT molecular complexity index is 266. The van der Waals surface area contributed by atoms with E-state index in [2.05, 4.69) is 36.5 Å². The van der Waals surface area contributed by atoms with Crippen LogP contribution in [0.25, 0.3) is 0 Å². The predicted octanol–water partition coefficient (Wildman–Crippen LogP) is 2.45. The summed E-state index contributed by atoms with van der Waals surface area (Å²) >= 11 is 1.89. The van der Waals surface area contributed by atoms with Gasteiger partial charge < -0.3 is 10.4 Å². The maximum absolute atomic E-state index is 8.63. The molecule has 0 amide bonds. The number of hydrogen-bond acceptors (Lipinski definition) is 3. The van der Waals surface area contributed by atoms with Crippen LogP contribution in [-0.4, -0.2) is 29.8 Å². The molecule has 0 fully saturated rings. The molecular weight excluding hydrogens is 218 g/mol. The maximum atomic E-state index is 8.63. The fourth-order valence-corrected chi connectivity index (χ4v) is 2.28. The van der Waals surface area contributed by atoms with Crippen molar-refractivity contribution in [2.75, 3.05) is 24.7 Å². The van der Waals surface area contributed by atoms with Crippen molar-refractivity contribution >= 4 is 11.8 Å².